The maximum absolute atomic E-state index is 7.57. The molecule has 4 aromatic carbocycles. The van der Waals surface area contributed by atoms with Gasteiger partial charge in [0, 0.05) is 0 Å². The molecule has 2 saturated carbocycles. The topological polar surface area (TPSA) is 46.2 Å². The van der Waals surface area contributed by atoms with Crippen molar-refractivity contribution in [3.8, 4) is 0 Å². The van der Waals surface area contributed by atoms with Gasteiger partial charge in [-0.15, -0.1) is 0 Å². The molecule has 244 valence electrons. The second-order valence-electron chi connectivity index (χ2n) is 15.0. The van der Waals surface area contributed by atoms with Crippen molar-refractivity contribution in [2.75, 3.05) is 0 Å². The van der Waals surface area contributed by atoms with E-state index in [1.54, 1.807) is 0 Å². The molecule has 0 unspecified atom stereocenters. The summed E-state index contributed by atoms with van der Waals surface area (Å²) in [6, 6.07) is 41.7. The second-order valence-corrected chi connectivity index (χ2v) is 16.0. The van der Waals surface area contributed by atoms with Gasteiger partial charge in [0.15, 0.2) is 17.0 Å². The number of hydrogen-bond donors (Lipinski definition) is 0. The van der Waals surface area contributed by atoms with Gasteiger partial charge in [0.05, 0.1) is 6.10 Å². The first-order chi connectivity index (χ1) is 22.6. The van der Waals surface area contributed by atoms with E-state index in [2.05, 4.69) is 118 Å². The van der Waals surface area contributed by atoms with E-state index in [-0.39, 0.29) is 16.9 Å². The van der Waals surface area contributed by atoms with E-state index < -0.39 is 37.8 Å². The van der Waals surface area contributed by atoms with Crippen molar-refractivity contribution >= 4 is 8.60 Å². The van der Waals surface area contributed by atoms with Gasteiger partial charge in [-0.25, -0.2) is 0 Å². The molecule has 8 rings (SSSR count). The van der Waals surface area contributed by atoms with E-state index >= 15 is 0 Å². The summed E-state index contributed by atoms with van der Waals surface area (Å²) >= 11 is 0. The molecule has 2 saturated heterocycles. The summed E-state index contributed by atoms with van der Waals surface area (Å²) in [5.74, 6) is -0.318. The molecule has 5 nitrogen and oxygen atoms in total. The van der Waals surface area contributed by atoms with Crippen molar-refractivity contribution in [3.63, 3.8) is 0 Å². The van der Waals surface area contributed by atoms with Crippen molar-refractivity contribution in [2.24, 2.45) is 16.7 Å². The molecule has 4 fully saturated rings. The van der Waals surface area contributed by atoms with E-state index in [4.69, 9.17) is 23.0 Å². The van der Waals surface area contributed by atoms with Crippen LogP contribution in [0.5, 0.6) is 0 Å². The lowest BCUT2D eigenvalue weighted by Gasteiger charge is -2.42. The highest BCUT2D eigenvalue weighted by Crippen LogP contribution is 2.71. The average molecular weight is 649 g/mol. The van der Waals surface area contributed by atoms with Crippen LogP contribution in [0, 0.1) is 16.7 Å². The van der Waals surface area contributed by atoms with Crippen molar-refractivity contribution in [1.82, 2.24) is 0 Å². The number of hydrogen-bond acceptors (Lipinski definition) is 5. The normalized spacial score (nSPS) is 31.7. The van der Waals surface area contributed by atoms with Crippen molar-refractivity contribution in [2.45, 2.75) is 89.2 Å². The maximum Gasteiger partial charge on any atom is 0.335 e. The highest BCUT2D eigenvalue weighted by Gasteiger charge is 2.69. The van der Waals surface area contributed by atoms with Gasteiger partial charge >= 0.3 is 8.60 Å². The zero-order valence-electron chi connectivity index (χ0n) is 28.0. The zero-order chi connectivity index (χ0) is 32.5. The van der Waals surface area contributed by atoms with Crippen molar-refractivity contribution < 1.29 is 23.0 Å². The quantitative estimate of drug-likeness (QED) is 0.195. The van der Waals surface area contributed by atoms with Crippen LogP contribution in [0.4, 0.5) is 0 Å². The number of benzene rings is 4. The molecule has 2 aliphatic heterocycles. The Kier molecular flexibility index (Phi) is 7.57. The van der Waals surface area contributed by atoms with Crippen LogP contribution < -0.4 is 0 Å². The predicted octanol–water partition coefficient (Wildman–Crippen LogP) is 9.90. The first-order valence-electron chi connectivity index (χ1n) is 17.0. The largest absolute Gasteiger partial charge is 0.341 e. The van der Waals surface area contributed by atoms with Gasteiger partial charge in [-0.3, -0.25) is 9.05 Å². The molecule has 0 spiro atoms. The third-order valence-electron chi connectivity index (χ3n) is 12.1. The Morgan fingerprint density at radius 3 is 1.28 bits per heavy atom. The van der Waals surface area contributed by atoms with Gasteiger partial charge in [-0.1, -0.05) is 142 Å². The zero-order valence-corrected chi connectivity index (χ0v) is 28.9. The van der Waals surface area contributed by atoms with E-state index in [0.29, 0.717) is 5.92 Å². The lowest BCUT2D eigenvalue weighted by molar-refractivity contribution is -0.177. The van der Waals surface area contributed by atoms with Crippen molar-refractivity contribution in [1.29, 1.82) is 0 Å². The highest BCUT2D eigenvalue weighted by atomic mass is 31.2. The smallest absolute Gasteiger partial charge is 0.335 e. The van der Waals surface area contributed by atoms with Gasteiger partial charge in [0.25, 0.3) is 0 Å². The van der Waals surface area contributed by atoms with E-state index in [9.17, 15) is 0 Å². The molecule has 5 atom stereocenters. The van der Waals surface area contributed by atoms with Gasteiger partial charge in [0.2, 0.25) is 0 Å². The fourth-order valence-corrected chi connectivity index (χ4v) is 10.8. The summed E-state index contributed by atoms with van der Waals surface area (Å²) in [7, 11) is -1.98. The molecule has 0 aromatic heterocycles. The standard InChI is InChI=1S/C41H45O5P/c1-37(2)33-26-27-39(37,5)34(28-33)44-47-45-40(29-18-10-6-11-19-29,30-20-12-7-13-21-30)35-36(43-38(3,4)42-35)41(46-47,31-22-14-8-15-23-31)32-24-16-9-17-25-32/h6-25,33-36H,26-28H2,1-5H3/t33-,34+,35+,36+,39+/m0/s1. The van der Waals surface area contributed by atoms with Crippen LogP contribution >= 0.6 is 8.60 Å². The Balaban J connectivity index is 1.40. The monoisotopic (exact) mass is 648 g/mol. The molecular formula is C41H45O5P. The summed E-state index contributed by atoms with van der Waals surface area (Å²) in [5, 5.41) is 0. The van der Waals surface area contributed by atoms with Crippen LogP contribution in [0.25, 0.3) is 0 Å². The minimum Gasteiger partial charge on any atom is -0.341 e. The first kappa shape index (κ1) is 31.4. The van der Waals surface area contributed by atoms with Crippen molar-refractivity contribution in [3.05, 3.63) is 144 Å². The Hall–Kier alpha value is -2.89. The summed E-state index contributed by atoms with van der Waals surface area (Å²) in [6.07, 6.45) is 2.15. The predicted molar refractivity (Wildman–Crippen MR) is 184 cm³/mol. The first-order valence-corrected chi connectivity index (χ1v) is 18.1. The second kappa shape index (κ2) is 11.3. The van der Waals surface area contributed by atoms with Crippen LogP contribution in [-0.2, 0) is 34.2 Å². The molecule has 47 heavy (non-hydrogen) atoms. The van der Waals surface area contributed by atoms with Gasteiger partial charge in [-0.2, -0.15) is 0 Å². The summed E-state index contributed by atoms with van der Waals surface area (Å²) < 4.78 is 36.7. The average Bonchev–Trinajstić information content (AvgIpc) is 3.58. The van der Waals surface area contributed by atoms with Crippen LogP contribution in [-0.4, -0.2) is 24.1 Å². The third-order valence-corrected chi connectivity index (χ3v) is 13.4. The molecule has 2 bridgehead atoms. The maximum atomic E-state index is 7.57. The lowest BCUT2D eigenvalue weighted by Crippen LogP contribution is -2.53. The molecule has 0 amide bonds. The Morgan fingerprint density at radius 1 is 0.574 bits per heavy atom. The summed E-state index contributed by atoms with van der Waals surface area (Å²) in [5.41, 5.74) is 1.85. The SMILES string of the molecule is CC1(C)O[C@@H]2[C@@H](O1)C(c1ccccc1)(c1ccccc1)OP(O[C@@H]1C[C@@H]3CC[C@@]1(C)C3(C)C)OC2(c1ccccc1)c1ccccc1. The number of rotatable bonds is 6. The fraction of sp³-hybridized carbons (Fsp3) is 0.415. The molecule has 0 N–H and O–H groups in total. The lowest BCUT2D eigenvalue weighted by atomic mass is 9.70. The summed E-state index contributed by atoms with van der Waals surface area (Å²) in [6.45, 7) is 11.2. The van der Waals surface area contributed by atoms with Crippen LogP contribution in [0.3, 0.4) is 0 Å². The highest BCUT2D eigenvalue weighted by molar-refractivity contribution is 7.41. The molecule has 4 aliphatic rings. The molecular weight excluding hydrogens is 603 g/mol. The molecule has 2 aliphatic carbocycles. The van der Waals surface area contributed by atoms with Gasteiger partial charge < -0.3 is 14.0 Å². The Labute approximate surface area is 280 Å². The third kappa shape index (κ3) is 4.73. The van der Waals surface area contributed by atoms with Crippen LogP contribution in [0.15, 0.2) is 121 Å². The molecule has 6 heteroatoms. The van der Waals surface area contributed by atoms with Gasteiger partial charge in [0.1, 0.15) is 12.2 Å². The summed E-state index contributed by atoms with van der Waals surface area (Å²) in [4.78, 5) is 0. The van der Waals surface area contributed by atoms with Gasteiger partial charge in [-0.05, 0) is 72.1 Å². The number of fused-ring (bicyclic) bond motifs is 3. The Morgan fingerprint density at radius 2 is 0.957 bits per heavy atom. The molecule has 4 aromatic rings. The molecule has 0 radical (unpaired) electrons. The fourth-order valence-electron chi connectivity index (χ4n) is 9.09. The van der Waals surface area contributed by atoms with E-state index in [1.165, 1.54) is 6.42 Å². The van der Waals surface area contributed by atoms with E-state index in [1.807, 2.05) is 38.1 Å². The number of ether oxygens (including phenoxy) is 2. The minimum absolute atomic E-state index is 0.00734. The Bertz CT molecular complexity index is 1510. The van der Waals surface area contributed by atoms with Crippen LogP contribution in [0.1, 0.15) is 76.1 Å². The minimum atomic E-state index is -1.98. The molecule has 2 heterocycles. The van der Waals surface area contributed by atoms with Crippen LogP contribution in [0.2, 0.25) is 0 Å². The van der Waals surface area contributed by atoms with E-state index in [0.717, 1.165) is 35.1 Å².